The van der Waals surface area contributed by atoms with Crippen LogP contribution in [0.1, 0.15) is 12.8 Å². The summed E-state index contributed by atoms with van der Waals surface area (Å²) < 4.78 is 11.1. The summed E-state index contributed by atoms with van der Waals surface area (Å²) in [6, 6.07) is 10.7. The molecule has 0 bridgehead atoms. The third-order valence-corrected chi connectivity index (χ3v) is 3.66. The minimum absolute atomic E-state index is 0.0938. The Morgan fingerprint density at radius 3 is 2.74 bits per heavy atom. The number of pyridine rings is 1. The monoisotopic (exact) mass is 308 g/mol. The molecule has 114 valence electrons. The lowest BCUT2D eigenvalue weighted by Gasteiger charge is -2.31. The topological polar surface area (TPSA) is 90.1 Å². The number of hydrogen-bond acceptors (Lipinski definition) is 6. The molecule has 7 nitrogen and oxygen atoms in total. The first-order valence-corrected chi connectivity index (χ1v) is 7.01. The number of nitrogens with zero attached hydrogens (tertiary/aromatic N) is 3. The van der Waals surface area contributed by atoms with Gasteiger partial charge in [-0.2, -0.15) is 4.98 Å². The molecule has 1 N–H and O–H groups in total. The molecule has 23 heavy (non-hydrogen) atoms. The van der Waals surface area contributed by atoms with E-state index in [9.17, 15) is 4.79 Å². The van der Waals surface area contributed by atoms with E-state index in [1.165, 1.54) is 0 Å². The molecule has 0 radical (unpaired) electrons. The highest BCUT2D eigenvalue weighted by Crippen LogP contribution is 2.38. The lowest BCUT2D eigenvalue weighted by atomic mass is 10.0. The van der Waals surface area contributed by atoms with E-state index in [4.69, 9.17) is 9.26 Å². The number of carbonyl (C=O) groups excluding carboxylic acids is 1. The van der Waals surface area contributed by atoms with Crippen LogP contribution in [0.15, 0.2) is 53.3 Å². The van der Waals surface area contributed by atoms with Gasteiger partial charge in [0.15, 0.2) is 0 Å². The maximum Gasteiger partial charge on any atom is 0.280 e. The fourth-order valence-electron chi connectivity index (χ4n) is 2.34. The third-order valence-electron chi connectivity index (χ3n) is 3.66. The van der Waals surface area contributed by atoms with E-state index in [-0.39, 0.29) is 11.8 Å². The minimum Gasteiger partial charge on any atom is -0.466 e. The van der Waals surface area contributed by atoms with Crippen molar-refractivity contribution in [3.63, 3.8) is 0 Å². The molecule has 0 spiro atoms. The first-order chi connectivity index (χ1) is 11.2. The average Bonchev–Trinajstić information content (AvgIpc) is 3.07. The molecule has 2 aromatic heterocycles. The molecule has 7 heteroatoms. The summed E-state index contributed by atoms with van der Waals surface area (Å²) in [6.45, 7) is 1.60. The van der Waals surface area contributed by atoms with Gasteiger partial charge < -0.3 is 14.6 Å². The van der Waals surface area contributed by atoms with Crippen LogP contribution in [-0.4, -0.2) is 21.0 Å². The van der Waals surface area contributed by atoms with Crippen molar-refractivity contribution < 1.29 is 14.1 Å². The molecular weight excluding hydrogens is 296 g/mol. The van der Waals surface area contributed by atoms with Crippen LogP contribution in [0.25, 0.3) is 11.4 Å². The second-order valence-corrected chi connectivity index (χ2v) is 5.24. The Balaban J connectivity index is 1.73. The number of carbonyl (C=O) groups is 1. The lowest BCUT2D eigenvalue weighted by Crippen LogP contribution is -2.46. The first-order valence-electron chi connectivity index (χ1n) is 7.01. The van der Waals surface area contributed by atoms with Gasteiger partial charge in [0.1, 0.15) is 5.75 Å². The van der Waals surface area contributed by atoms with Crippen molar-refractivity contribution in [2.75, 3.05) is 5.32 Å². The highest BCUT2D eigenvalue weighted by molar-refractivity contribution is 6.00. The van der Waals surface area contributed by atoms with Crippen molar-refractivity contribution in [1.82, 2.24) is 15.1 Å². The molecule has 1 aliphatic rings. The molecule has 0 fully saturated rings. The molecule has 1 aromatic carbocycles. The number of amides is 1. The molecule has 0 aliphatic carbocycles. The Bertz CT molecular complexity index is 878. The number of ether oxygens (including phenoxy) is 1. The Kier molecular flexibility index (Phi) is 2.87. The lowest BCUT2D eigenvalue weighted by molar-refractivity contribution is -0.133. The molecule has 4 rings (SSSR count). The Hall–Kier alpha value is -3.22. The van der Waals surface area contributed by atoms with Gasteiger partial charge in [0.05, 0.1) is 5.69 Å². The fraction of sp³-hybridized carbons (Fsp3) is 0.125. The molecule has 0 saturated heterocycles. The largest absolute Gasteiger partial charge is 0.466 e. The van der Waals surface area contributed by atoms with Crippen LogP contribution < -0.4 is 10.1 Å². The number of anilines is 1. The third kappa shape index (κ3) is 2.13. The highest BCUT2D eigenvalue weighted by Gasteiger charge is 2.47. The predicted molar refractivity (Wildman–Crippen MR) is 80.6 cm³/mol. The van der Waals surface area contributed by atoms with Crippen LogP contribution >= 0.6 is 0 Å². The summed E-state index contributed by atoms with van der Waals surface area (Å²) in [5.74, 6) is 0.662. The van der Waals surface area contributed by atoms with Crippen LogP contribution in [0.3, 0.4) is 0 Å². The van der Waals surface area contributed by atoms with Gasteiger partial charge in [0.25, 0.3) is 17.4 Å². The molecular formula is C16H12N4O3. The van der Waals surface area contributed by atoms with E-state index < -0.39 is 5.60 Å². The normalized spacial score (nSPS) is 19.6. The number of benzene rings is 1. The van der Waals surface area contributed by atoms with Crippen molar-refractivity contribution in [1.29, 1.82) is 0 Å². The zero-order valence-corrected chi connectivity index (χ0v) is 12.2. The van der Waals surface area contributed by atoms with Crippen molar-refractivity contribution in [3.05, 3.63) is 54.7 Å². The van der Waals surface area contributed by atoms with Gasteiger partial charge in [-0.15, -0.1) is 0 Å². The molecule has 0 saturated carbocycles. The van der Waals surface area contributed by atoms with Gasteiger partial charge >= 0.3 is 0 Å². The van der Waals surface area contributed by atoms with Crippen molar-refractivity contribution >= 4 is 11.6 Å². The van der Waals surface area contributed by atoms with Crippen LogP contribution in [0.4, 0.5) is 5.69 Å². The maximum absolute atomic E-state index is 12.5. The van der Waals surface area contributed by atoms with E-state index in [0.717, 1.165) is 5.56 Å². The minimum atomic E-state index is -1.38. The number of fused-ring (bicyclic) bond motifs is 1. The first kappa shape index (κ1) is 13.4. The van der Waals surface area contributed by atoms with E-state index in [2.05, 4.69) is 20.4 Å². The summed E-state index contributed by atoms with van der Waals surface area (Å²) >= 11 is 0. The maximum atomic E-state index is 12.5. The van der Waals surface area contributed by atoms with Gasteiger partial charge in [0.2, 0.25) is 5.82 Å². The summed E-state index contributed by atoms with van der Waals surface area (Å²) in [5.41, 5.74) is -0.0221. The predicted octanol–water partition coefficient (Wildman–Crippen LogP) is 2.38. The van der Waals surface area contributed by atoms with E-state index in [1.54, 1.807) is 43.6 Å². The van der Waals surface area contributed by atoms with Gasteiger partial charge in [0, 0.05) is 18.0 Å². The van der Waals surface area contributed by atoms with Crippen LogP contribution in [0, 0.1) is 0 Å². The second-order valence-electron chi connectivity index (χ2n) is 5.24. The zero-order chi connectivity index (χ0) is 15.9. The number of nitrogens with one attached hydrogen (secondary N) is 1. The molecule has 1 aliphatic heterocycles. The van der Waals surface area contributed by atoms with Gasteiger partial charge in [-0.1, -0.05) is 17.3 Å². The number of para-hydroxylation sites is 2. The second kappa shape index (κ2) is 4.91. The van der Waals surface area contributed by atoms with Gasteiger partial charge in [-0.25, -0.2) is 0 Å². The van der Waals surface area contributed by atoms with Gasteiger partial charge in [-0.05, 0) is 31.2 Å². The highest BCUT2D eigenvalue weighted by atomic mass is 16.5. The molecule has 3 heterocycles. The standard InChI is InChI=1S/C16H12N4O3/c1-16(14(21)18-11-4-2-3-5-12(11)22-16)15-19-13(20-23-15)10-6-8-17-9-7-10/h2-9H,1H3,(H,18,21)/t16-/m0/s1. The summed E-state index contributed by atoms with van der Waals surface area (Å²) in [4.78, 5) is 20.7. The Morgan fingerprint density at radius 1 is 1.13 bits per heavy atom. The van der Waals surface area contributed by atoms with Crippen LogP contribution in [-0.2, 0) is 10.4 Å². The number of aromatic nitrogens is 3. The number of rotatable bonds is 2. The smallest absolute Gasteiger partial charge is 0.280 e. The quantitative estimate of drug-likeness (QED) is 0.781. The Labute approximate surface area is 131 Å². The number of hydrogen-bond donors (Lipinski definition) is 1. The van der Waals surface area contributed by atoms with Gasteiger partial charge in [-0.3, -0.25) is 9.78 Å². The summed E-state index contributed by atoms with van der Waals surface area (Å²) in [7, 11) is 0. The summed E-state index contributed by atoms with van der Waals surface area (Å²) in [6.07, 6.45) is 3.26. The van der Waals surface area contributed by atoms with E-state index >= 15 is 0 Å². The Morgan fingerprint density at radius 2 is 1.91 bits per heavy atom. The van der Waals surface area contributed by atoms with Crippen LogP contribution in [0.2, 0.25) is 0 Å². The average molecular weight is 308 g/mol. The van der Waals surface area contributed by atoms with Crippen LogP contribution in [0.5, 0.6) is 5.75 Å². The van der Waals surface area contributed by atoms with Crippen molar-refractivity contribution in [2.24, 2.45) is 0 Å². The van der Waals surface area contributed by atoms with E-state index in [0.29, 0.717) is 17.3 Å². The molecule has 3 aromatic rings. The fourth-order valence-corrected chi connectivity index (χ4v) is 2.34. The molecule has 1 atom stereocenters. The van der Waals surface area contributed by atoms with Crippen molar-refractivity contribution in [2.45, 2.75) is 12.5 Å². The summed E-state index contributed by atoms with van der Waals surface area (Å²) in [5, 5.41) is 6.72. The zero-order valence-electron chi connectivity index (χ0n) is 12.2. The molecule has 0 unspecified atom stereocenters. The molecule has 1 amide bonds. The van der Waals surface area contributed by atoms with E-state index in [1.807, 2.05) is 12.1 Å². The van der Waals surface area contributed by atoms with Crippen molar-refractivity contribution in [3.8, 4) is 17.1 Å². The SMILES string of the molecule is C[C@]1(c2nc(-c3ccncc3)no2)Oc2ccccc2NC1=O.